The Hall–Kier alpha value is -2.73. The van der Waals surface area contributed by atoms with Crippen molar-refractivity contribution in [2.24, 2.45) is 0 Å². The van der Waals surface area contributed by atoms with Crippen LogP contribution in [0.3, 0.4) is 0 Å². The summed E-state index contributed by atoms with van der Waals surface area (Å²) in [6.45, 7) is 0.258. The van der Waals surface area contributed by atoms with E-state index in [1.165, 1.54) is 13.0 Å². The lowest BCUT2D eigenvalue weighted by Crippen LogP contribution is -2.42. The molecule has 2 aliphatic rings. The van der Waals surface area contributed by atoms with Gasteiger partial charge in [-0.15, -0.1) is 0 Å². The first-order valence-electron chi connectivity index (χ1n) is 7.98. The number of halogens is 1. The Bertz CT molecular complexity index is 1080. The highest BCUT2D eigenvalue weighted by Gasteiger charge is 2.27. The number of hydrogen-bond donors (Lipinski definition) is 5. The van der Waals surface area contributed by atoms with Gasteiger partial charge < -0.3 is 25.0 Å². The van der Waals surface area contributed by atoms with Gasteiger partial charge in [-0.2, -0.15) is 4.98 Å². The second-order valence-corrected chi connectivity index (χ2v) is 6.16. The zero-order chi connectivity index (χ0) is 19.9. The first kappa shape index (κ1) is 19.0. The average Bonchev–Trinajstić information content (AvgIpc) is 2.62. The van der Waals surface area contributed by atoms with Gasteiger partial charge in [0.15, 0.2) is 11.5 Å². The molecule has 0 unspecified atom stereocenters. The minimum atomic E-state index is -1.73. The van der Waals surface area contributed by atoms with E-state index in [0.717, 1.165) is 10.6 Å². The highest BCUT2D eigenvalue weighted by atomic mass is 19.1. The van der Waals surface area contributed by atoms with E-state index in [4.69, 9.17) is 5.11 Å². The highest BCUT2D eigenvalue weighted by Crippen LogP contribution is 2.24. The summed E-state index contributed by atoms with van der Waals surface area (Å²) in [5.74, 6) is -0.806. The Morgan fingerprint density at radius 2 is 1.89 bits per heavy atom. The summed E-state index contributed by atoms with van der Waals surface area (Å²) in [7, 11) is 0. The maximum atomic E-state index is 14.1. The molecule has 3 rings (SSSR count). The maximum Gasteiger partial charge on any atom is 0.349 e. The Morgan fingerprint density at radius 1 is 1.19 bits per heavy atom. The van der Waals surface area contributed by atoms with Crippen molar-refractivity contribution < 1.29 is 24.8 Å². The fraction of sp³-hybridized carbons (Fsp3) is 0.375. The van der Waals surface area contributed by atoms with Gasteiger partial charge in [-0.25, -0.2) is 14.2 Å². The summed E-state index contributed by atoms with van der Waals surface area (Å²) in [6.07, 6.45) is -4.97. The molecule has 0 bridgehead atoms. The molecule has 2 heterocycles. The minimum Gasteiger partial charge on any atom is -0.394 e. The molecule has 144 valence electrons. The van der Waals surface area contributed by atoms with Crippen LogP contribution in [0.15, 0.2) is 21.7 Å². The van der Waals surface area contributed by atoms with Crippen LogP contribution in [-0.2, 0) is 6.54 Å². The van der Waals surface area contributed by atoms with Crippen LogP contribution >= 0.6 is 0 Å². The fourth-order valence-corrected chi connectivity index (χ4v) is 2.76. The van der Waals surface area contributed by atoms with Gasteiger partial charge in [0.25, 0.3) is 5.56 Å². The average molecular weight is 380 g/mol. The summed E-state index contributed by atoms with van der Waals surface area (Å²) in [4.78, 5) is 33.5. The van der Waals surface area contributed by atoms with Crippen molar-refractivity contribution in [1.29, 1.82) is 0 Å². The summed E-state index contributed by atoms with van der Waals surface area (Å²) in [5, 5.41) is 38.5. The zero-order valence-electron chi connectivity index (χ0n) is 14.1. The number of hydrogen-bond acceptors (Lipinski definition) is 8. The molecule has 11 heteroatoms. The van der Waals surface area contributed by atoms with Crippen LogP contribution in [-0.4, -0.2) is 64.9 Å². The normalized spacial score (nSPS) is 15.2. The van der Waals surface area contributed by atoms with E-state index in [-0.39, 0.29) is 28.1 Å². The number of aromatic amines is 1. The number of aromatic nitrogens is 4. The molecule has 27 heavy (non-hydrogen) atoms. The summed E-state index contributed by atoms with van der Waals surface area (Å²) in [5.41, 5.74) is -1.39. The number of nitrogens with one attached hydrogen (secondary N) is 1. The molecule has 0 amide bonds. The van der Waals surface area contributed by atoms with Crippen LogP contribution in [0.2, 0.25) is 0 Å². The Kier molecular flexibility index (Phi) is 5.02. The van der Waals surface area contributed by atoms with Gasteiger partial charge in [0.2, 0.25) is 0 Å². The van der Waals surface area contributed by atoms with Gasteiger partial charge in [0.1, 0.15) is 24.1 Å². The van der Waals surface area contributed by atoms with E-state index in [2.05, 4.69) is 9.97 Å². The van der Waals surface area contributed by atoms with Crippen molar-refractivity contribution >= 4 is 11.0 Å². The number of aliphatic hydroxyl groups excluding tert-OH is 4. The number of nitrogens with zero attached hydrogens (tertiary/aromatic N) is 3. The third kappa shape index (κ3) is 3.45. The SMILES string of the molecule is Cc1cc2nc3c(=O)[nH]c(=O)nc-3n(C[C@H](O)[C@H](O)[C@H](O)CO)c2cc1F. The van der Waals surface area contributed by atoms with Gasteiger partial charge in [-0.05, 0) is 18.6 Å². The first-order valence-corrected chi connectivity index (χ1v) is 7.98. The lowest BCUT2D eigenvalue weighted by molar-refractivity contribution is -0.0802. The standard InChI is InChI=1S/C16H17FN4O6/c1-6-2-8-9(3-7(6)17)21(4-10(23)13(25)11(24)5-22)14-12(18-8)15(26)20-16(27)19-14/h2-3,10-11,13,22-25H,4-5H2,1H3,(H,20,26,27)/t10-,11+,13-/m0/s1. The molecule has 1 aromatic carbocycles. The molecule has 0 fully saturated rings. The van der Waals surface area contributed by atoms with Crippen LogP contribution in [0.4, 0.5) is 4.39 Å². The second-order valence-electron chi connectivity index (χ2n) is 6.16. The molecular weight excluding hydrogens is 363 g/mol. The lowest BCUT2D eigenvalue weighted by atomic mass is 10.1. The predicted molar refractivity (Wildman–Crippen MR) is 90.8 cm³/mol. The Labute approximate surface area is 150 Å². The monoisotopic (exact) mass is 380 g/mol. The number of aryl methyl sites for hydroxylation is 1. The van der Waals surface area contributed by atoms with E-state index in [0.29, 0.717) is 0 Å². The Balaban J connectivity index is 2.28. The fourth-order valence-electron chi connectivity index (χ4n) is 2.76. The van der Waals surface area contributed by atoms with Crippen LogP contribution in [0.25, 0.3) is 22.6 Å². The molecule has 0 spiro atoms. The molecule has 5 N–H and O–H groups in total. The van der Waals surface area contributed by atoms with E-state index in [1.807, 2.05) is 4.98 Å². The van der Waals surface area contributed by atoms with Crippen molar-refractivity contribution in [3.8, 4) is 11.5 Å². The van der Waals surface area contributed by atoms with Gasteiger partial charge in [-0.3, -0.25) is 9.78 Å². The molecule has 2 aliphatic heterocycles. The van der Waals surface area contributed by atoms with E-state index >= 15 is 0 Å². The van der Waals surface area contributed by atoms with E-state index < -0.39 is 48.5 Å². The lowest BCUT2D eigenvalue weighted by Gasteiger charge is -2.24. The molecule has 0 saturated carbocycles. The molecule has 0 saturated heterocycles. The van der Waals surface area contributed by atoms with Crippen molar-refractivity contribution in [2.45, 2.75) is 31.8 Å². The third-order valence-electron chi connectivity index (χ3n) is 4.23. The van der Waals surface area contributed by atoms with Crippen molar-refractivity contribution in [3.05, 3.63) is 44.4 Å². The molecule has 0 radical (unpaired) electrons. The summed E-state index contributed by atoms with van der Waals surface area (Å²) < 4.78 is 15.3. The second kappa shape index (κ2) is 7.12. The van der Waals surface area contributed by atoms with Crippen molar-refractivity contribution in [3.63, 3.8) is 0 Å². The molecule has 10 nitrogen and oxygen atoms in total. The molecule has 0 aliphatic carbocycles. The van der Waals surface area contributed by atoms with Gasteiger partial charge in [-0.1, -0.05) is 0 Å². The number of rotatable bonds is 5. The van der Waals surface area contributed by atoms with Crippen LogP contribution in [0.1, 0.15) is 5.56 Å². The van der Waals surface area contributed by atoms with Crippen molar-refractivity contribution in [1.82, 2.24) is 19.5 Å². The summed E-state index contributed by atoms with van der Waals surface area (Å²) in [6, 6.07) is 2.49. The summed E-state index contributed by atoms with van der Waals surface area (Å²) >= 11 is 0. The molecule has 1 aromatic rings. The van der Waals surface area contributed by atoms with Gasteiger partial charge >= 0.3 is 5.69 Å². The predicted octanol–water partition coefficient (Wildman–Crippen LogP) is -1.89. The zero-order valence-corrected chi connectivity index (χ0v) is 14.1. The number of H-pyrrole nitrogens is 1. The smallest absolute Gasteiger partial charge is 0.349 e. The van der Waals surface area contributed by atoms with Crippen LogP contribution < -0.4 is 11.2 Å². The molecule has 3 atom stereocenters. The number of fused-ring (bicyclic) bond motifs is 2. The highest BCUT2D eigenvalue weighted by molar-refractivity contribution is 5.80. The first-order chi connectivity index (χ1) is 12.7. The Morgan fingerprint density at radius 3 is 2.56 bits per heavy atom. The van der Waals surface area contributed by atoms with Gasteiger partial charge in [0.05, 0.1) is 24.2 Å². The third-order valence-corrected chi connectivity index (χ3v) is 4.23. The molecule has 0 aromatic heterocycles. The topological polar surface area (TPSA) is 162 Å². The number of aliphatic hydroxyl groups is 4. The van der Waals surface area contributed by atoms with Gasteiger partial charge in [0, 0.05) is 6.07 Å². The van der Waals surface area contributed by atoms with E-state index in [1.54, 1.807) is 0 Å². The quantitative estimate of drug-likeness (QED) is 0.321. The van der Waals surface area contributed by atoms with Crippen molar-refractivity contribution in [2.75, 3.05) is 6.61 Å². The van der Waals surface area contributed by atoms with Crippen LogP contribution in [0.5, 0.6) is 0 Å². The van der Waals surface area contributed by atoms with E-state index in [9.17, 15) is 29.3 Å². The van der Waals surface area contributed by atoms with Crippen LogP contribution in [0, 0.1) is 12.7 Å². The largest absolute Gasteiger partial charge is 0.394 e. The minimum absolute atomic E-state index is 0.118. The molecular formula is C16H17FN4O6. The number of benzene rings is 1. The maximum absolute atomic E-state index is 14.1.